The smallest absolute Gasteiger partial charge is 0.290 e. The molecule has 7 nitrogen and oxygen atoms in total. The lowest BCUT2D eigenvalue weighted by atomic mass is 9.93. The van der Waals surface area contributed by atoms with Gasteiger partial charge in [0, 0.05) is 29.9 Å². The third-order valence-electron chi connectivity index (χ3n) is 6.55. The highest BCUT2D eigenvalue weighted by atomic mass is 19.1. The number of benzene rings is 2. The highest BCUT2D eigenvalue weighted by Crippen LogP contribution is 2.43. The fraction of sp³-hybridized carbons (Fsp3) is 0.296. The van der Waals surface area contributed by atoms with E-state index in [1.165, 1.54) is 18.6 Å². The molecule has 2 heterocycles. The predicted octanol–water partition coefficient (Wildman–Crippen LogP) is 6.15. The lowest BCUT2D eigenvalue weighted by molar-refractivity contribution is -0.122. The maximum absolute atomic E-state index is 13.4. The first-order valence-corrected chi connectivity index (χ1v) is 11.7. The van der Waals surface area contributed by atoms with Gasteiger partial charge in [-0.25, -0.2) is 14.4 Å². The first-order valence-electron chi connectivity index (χ1n) is 11.7. The van der Waals surface area contributed by atoms with Gasteiger partial charge in [-0.2, -0.15) is 0 Å². The zero-order valence-corrected chi connectivity index (χ0v) is 19.8. The molecule has 0 bridgehead atoms. The van der Waals surface area contributed by atoms with Crippen LogP contribution in [0.25, 0.3) is 16.8 Å². The van der Waals surface area contributed by atoms with Gasteiger partial charge in [0.15, 0.2) is 0 Å². The quantitative estimate of drug-likeness (QED) is 0.335. The summed E-state index contributed by atoms with van der Waals surface area (Å²) in [4.78, 5) is 17.8. The molecular formula is C27H29FN4O3. The number of nitrogens with zero attached hydrogens (tertiary/aromatic N) is 3. The van der Waals surface area contributed by atoms with Gasteiger partial charge in [0.05, 0.1) is 0 Å². The molecule has 4 aromatic rings. The highest BCUT2D eigenvalue weighted by molar-refractivity contribution is 5.85. The number of anilines is 1. The normalized spacial score (nSPS) is 17.3. The fourth-order valence-corrected chi connectivity index (χ4v) is 4.78. The minimum Gasteiger partial charge on any atom is -0.483 e. The van der Waals surface area contributed by atoms with Gasteiger partial charge in [-0.3, -0.25) is 9.20 Å². The molecule has 1 saturated carbocycles. The summed E-state index contributed by atoms with van der Waals surface area (Å²) in [7, 11) is 0. The Kier molecular flexibility index (Phi) is 7.29. The van der Waals surface area contributed by atoms with Gasteiger partial charge >= 0.3 is 0 Å². The number of carboxylic acid groups (broad SMARTS) is 1. The lowest BCUT2D eigenvalue weighted by Gasteiger charge is -2.14. The van der Waals surface area contributed by atoms with Crippen LogP contribution in [0.1, 0.15) is 44.9 Å². The number of aromatic nitrogens is 3. The van der Waals surface area contributed by atoms with Crippen LogP contribution in [0.5, 0.6) is 11.5 Å². The van der Waals surface area contributed by atoms with Crippen molar-refractivity contribution in [1.82, 2.24) is 14.4 Å². The number of nitrogens with two attached hydrogens (primary N) is 1. The van der Waals surface area contributed by atoms with Crippen molar-refractivity contribution >= 4 is 17.8 Å². The number of halogens is 1. The summed E-state index contributed by atoms with van der Waals surface area (Å²) in [6.45, 7) is 4.36. The largest absolute Gasteiger partial charge is 0.483 e. The number of imidazole rings is 1. The molecular weight excluding hydrogens is 447 g/mol. The van der Waals surface area contributed by atoms with E-state index in [0.717, 1.165) is 41.4 Å². The van der Waals surface area contributed by atoms with Crippen molar-refractivity contribution in [2.45, 2.75) is 39.0 Å². The Morgan fingerprint density at radius 1 is 1.17 bits per heavy atom. The van der Waals surface area contributed by atoms with Crippen molar-refractivity contribution in [3.05, 3.63) is 72.6 Å². The molecule has 8 heteroatoms. The number of fused-ring (bicyclic) bond motifs is 1. The Hall–Kier alpha value is -3.94. The van der Waals surface area contributed by atoms with Crippen molar-refractivity contribution in [3.8, 4) is 22.8 Å². The molecule has 2 atom stereocenters. The van der Waals surface area contributed by atoms with Gasteiger partial charge in [0.2, 0.25) is 0 Å². The van der Waals surface area contributed by atoms with E-state index in [4.69, 9.17) is 25.4 Å². The molecule has 1 aliphatic carbocycles. The Morgan fingerprint density at radius 3 is 2.57 bits per heavy atom. The van der Waals surface area contributed by atoms with Gasteiger partial charge < -0.3 is 15.6 Å². The van der Waals surface area contributed by atoms with Crippen molar-refractivity contribution in [2.24, 2.45) is 11.8 Å². The Labute approximate surface area is 203 Å². The van der Waals surface area contributed by atoms with E-state index >= 15 is 0 Å². The Bertz CT molecular complexity index is 1300. The van der Waals surface area contributed by atoms with Gasteiger partial charge in [0.1, 0.15) is 40.2 Å². The number of carbonyl (C=O) groups is 1. The number of hydrogen-bond acceptors (Lipinski definition) is 5. The summed E-state index contributed by atoms with van der Waals surface area (Å²) >= 11 is 0. The van der Waals surface area contributed by atoms with E-state index in [-0.39, 0.29) is 12.3 Å². The monoisotopic (exact) mass is 476 g/mol. The molecule has 1 aliphatic rings. The van der Waals surface area contributed by atoms with Crippen LogP contribution in [0, 0.1) is 17.7 Å². The Balaban J connectivity index is 0.000000917. The number of hydrogen-bond donors (Lipinski definition) is 2. The van der Waals surface area contributed by atoms with E-state index in [2.05, 4.69) is 23.2 Å². The molecule has 0 aliphatic heterocycles. The summed E-state index contributed by atoms with van der Waals surface area (Å²) < 4.78 is 21.3. The van der Waals surface area contributed by atoms with E-state index < -0.39 is 0 Å². The predicted molar refractivity (Wildman–Crippen MR) is 133 cm³/mol. The summed E-state index contributed by atoms with van der Waals surface area (Å²) in [6, 6.07) is 13.7. The summed E-state index contributed by atoms with van der Waals surface area (Å²) in [6.07, 6.45) is 7.23. The Morgan fingerprint density at radius 2 is 1.91 bits per heavy atom. The standard InChI is InChI=1S/C26H27FN4O.CH2O2/c1-16(2)18-6-7-19(14-18)26-30-23(24-25(28)29-12-13-31(24)26)17-8-10-21(11-9-17)32-22-5-3-4-20(27)15-22;2-1-3/h3-5,8-13,15-16,18-19H,6-7,14H2,1-2H3,(H2,28,29);1H,(H,2,3). The lowest BCUT2D eigenvalue weighted by Crippen LogP contribution is -2.06. The van der Waals surface area contributed by atoms with Crippen molar-refractivity contribution in [2.75, 3.05) is 5.73 Å². The maximum atomic E-state index is 13.4. The molecule has 0 radical (unpaired) electrons. The van der Waals surface area contributed by atoms with Gasteiger partial charge in [-0.15, -0.1) is 0 Å². The molecule has 1 fully saturated rings. The number of rotatable bonds is 5. The molecule has 2 aromatic heterocycles. The highest BCUT2D eigenvalue weighted by Gasteiger charge is 2.31. The molecule has 5 rings (SSSR count). The van der Waals surface area contributed by atoms with Gasteiger partial charge in [0.25, 0.3) is 6.47 Å². The van der Waals surface area contributed by atoms with E-state index in [1.807, 2.05) is 30.5 Å². The molecule has 2 unspecified atom stereocenters. The zero-order valence-electron chi connectivity index (χ0n) is 19.8. The van der Waals surface area contributed by atoms with Crippen LogP contribution < -0.4 is 10.5 Å². The number of ether oxygens (including phenoxy) is 1. The minimum absolute atomic E-state index is 0.250. The topological polar surface area (TPSA) is 103 Å². The van der Waals surface area contributed by atoms with Crippen LogP contribution in [0.2, 0.25) is 0 Å². The van der Waals surface area contributed by atoms with Crippen LogP contribution in [-0.2, 0) is 4.79 Å². The van der Waals surface area contributed by atoms with Gasteiger partial charge in [-0.1, -0.05) is 19.9 Å². The molecule has 0 spiro atoms. The molecule has 182 valence electrons. The second-order valence-corrected chi connectivity index (χ2v) is 9.05. The van der Waals surface area contributed by atoms with E-state index in [1.54, 1.807) is 18.3 Å². The third kappa shape index (κ3) is 5.26. The summed E-state index contributed by atoms with van der Waals surface area (Å²) in [5, 5.41) is 6.89. The van der Waals surface area contributed by atoms with E-state index in [9.17, 15) is 4.39 Å². The molecule has 0 saturated heterocycles. The zero-order chi connectivity index (χ0) is 24.9. The van der Waals surface area contributed by atoms with Crippen LogP contribution in [-0.4, -0.2) is 25.9 Å². The van der Waals surface area contributed by atoms with Gasteiger partial charge in [-0.05, 0) is 67.5 Å². The second kappa shape index (κ2) is 10.5. The average molecular weight is 477 g/mol. The van der Waals surface area contributed by atoms with Crippen LogP contribution >= 0.6 is 0 Å². The summed E-state index contributed by atoms with van der Waals surface area (Å²) in [5.74, 6) is 4.13. The van der Waals surface area contributed by atoms with Crippen LogP contribution in [0.15, 0.2) is 60.9 Å². The maximum Gasteiger partial charge on any atom is 0.290 e. The SMILES string of the molecule is CC(C)C1CCC(c2nc(-c3ccc(Oc4cccc(F)c4)cc3)c3c(N)nccn23)C1.O=CO. The first-order chi connectivity index (χ1) is 16.9. The molecule has 0 amide bonds. The van der Waals surface area contributed by atoms with Crippen molar-refractivity contribution in [3.63, 3.8) is 0 Å². The van der Waals surface area contributed by atoms with Crippen molar-refractivity contribution in [1.29, 1.82) is 0 Å². The second-order valence-electron chi connectivity index (χ2n) is 9.05. The molecule has 3 N–H and O–H groups in total. The summed E-state index contributed by atoms with van der Waals surface area (Å²) in [5.41, 5.74) is 8.91. The minimum atomic E-state index is -0.328. The first kappa shape index (κ1) is 24.2. The van der Waals surface area contributed by atoms with Crippen molar-refractivity contribution < 1.29 is 19.0 Å². The number of nitrogen functional groups attached to an aromatic ring is 1. The molecule has 35 heavy (non-hydrogen) atoms. The fourth-order valence-electron chi connectivity index (χ4n) is 4.78. The van der Waals surface area contributed by atoms with E-state index in [0.29, 0.717) is 29.2 Å². The average Bonchev–Trinajstić information content (AvgIpc) is 3.46. The third-order valence-corrected chi connectivity index (χ3v) is 6.55. The molecule has 2 aromatic carbocycles. The van der Waals surface area contributed by atoms with Crippen LogP contribution in [0.3, 0.4) is 0 Å². The van der Waals surface area contributed by atoms with Crippen LogP contribution in [0.4, 0.5) is 10.2 Å².